The molecule has 1 fully saturated rings. The average molecular weight is 301 g/mol. The molecule has 4 rings (SSSR count). The van der Waals surface area contributed by atoms with Gasteiger partial charge in [-0.25, -0.2) is 0 Å². The minimum absolute atomic E-state index is 0.239. The van der Waals surface area contributed by atoms with Gasteiger partial charge in [-0.05, 0) is 11.6 Å². The van der Waals surface area contributed by atoms with Gasteiger partial charge in [0.2, 0.25) is 0 Å². The van der Waals surface area contributed by atoms with Crippen LogP contribution in [0.1, 0.15) is 11.3 Å². The maximum atomic E-state index is 5.62. The summed E-state index contributed by atoms with van der Waals surface area (Å²) in [6.07, 6.45) is 0.947. The van der Waals surface area contributed by atoms with E-state index in [1.807, 2.05) is 7.05 Å². The third kappa shape index (κ3) is 1.63. The molecule has 2 aliphatic rings. The van der Waals surface area contributed by atoms with Crippen molar-refractivity contribution in [3.05, 3.63) is 35.5 Å². The van der Waals surface area contributed by atoms with Crippen LogP contribution in [0.4, 0.5) is 0 Å². The summed E-state index contributed by atoms with van der Waals surface area (Å²) >= 11 is 11.2. The van der Waals surface area contributed by atoms with E-state index in [0.29, 0.717) is 0 Å². The molecule has 0 bridgehead atoms. The van der Waals surface area contributed by atoms with Crippen molar-refractivity contribution in [2.45, 2.75) is 19.0 Å². The highest BCUT2D eigenvalue weighted by molar-refractivity contribution is 7.81. The lowest BCUT2D eigenvalue weighted by molar-refractivity contribution is 0.297. The summed E-state index contributed by atoms with van der Waals surface area (Å²) in [5, 5.41) is 1.32. The first-order chi connectivity index (χ1) is 9.65. The Morgan fingerprint density at radius 2 is 2.00 bits per heavy atom. The Hall–Kier alpha value is -1.46. The molecular formula is C15H15N3S2. The first-order valence-corrected chi connectivity index (χ1v) is 7.59. The maximum absolute atomic E-state index is 5.62. The normalized spacial score (nSPS) is 22.1. The van der Waals surface area contributed by atoms with E-state index < -0.39 is 0 Å². The Bertz CT molecular complexity index is 734. The molecule has 2 aromatic rings. The lowest BCUT2D eigenvalue weighted by Gasteiger charge is -2.45. The van der Waals surface area contributed by atoms with E-state index in [0.717, 1.165) is 29.5 Å². The highest BCUT2D eigenvalue weighted by Crippen LogP contribution is 2.32. The lowest BCUT2D eigenvalue weighted by Crippen LogP contribution is -2.59. The van der Waals surface area contributed by atoms with Crippen LogP contribution in [0.15, 0.2) is 24.3 Å². The molecule has 3 heterocycles. The number of rotatable bonds is 0. The number of nitrogens with zero attached hydrogens (tertiary/aromatic N) is 2. The van der Waals surface area contributed by atoms with E-state index in [1.54, 1.807) is 0 Å². The number of hydrogen-bond donors (Lipinski definition) is 1. The summed E-state index contributed by atoms with van der Waals surface area (Å²) in [6.45, 7) is 1.61. The topological polar surface area (TPSA) is 22.3 Å². The van der Waals surface area contributed by atoms with Crippen LogP contribution in [0, 0.1) is 0 Å². The van der Waals surface area contributed by atoms with E-state index in [9.17, 15) is 0 Å². The zero-order valence-electron chi connectivity index (χ0n) is 11.2. The molecule has 0 amide bonds. The largest absolute Gasteiger partial charge is 0.361 e. The zero-order valence-corrected chi connectivity index (χ0v) is 12.9. The van der Waals surface area contributed by atoms with Gasteiger partial charge in [0.15, 0.2) is 0 Å². The van der Waals surface area contributed by atoms with Gasteiger partial charge in [0.05, 0.1) is 24.1 Å². The first kappa shape index (κ1) is 12.3. The fraction of sp³-hybridized carbons (Fsp3) is 0.333. The van der Waals surface area contributed by atoms with Gasteiger partial charge in [-0.15, -0.1) is 0 Å². The van der Waals surface area contributed by atoms with Gasteiger partial charge < -0.3 is 14.8 Å². The molecule has 20 heavy (non-hydrogen) atoms. The molecule has 5 heteroatoms. The lowest BCUT2D eigenvalue weighted by atomic mass is 9.95. The van der Waals surface area contributed by atoms with Gasteiger partial charge in [-0.2, -0.15) is 0 Å². The number of para-hydroxylation sites is 1. The Labute approximate surface area is 128 Å². The van der Waals surface area contributed by atoms with Gasteiger partial charge in [-0.1, -0.05) is 42.6 Å². The van der Waals surface area contributed by atoms with Gasteiger partial charge in [0.1, 0.15) is 4.99 Å². The van der Waals surface area contributed by atoms with Crippen molar-refractivity contribution in [3.63, 3.8) is 0 Å². The Balaban J connectivity index is 1.84. The van der Waals surface area contributed by atoms with E-state index in [1.165, 1.54) is 22.2 Å². The van der Waals surface area contributed by atoms with Crippen LogP contribution in [-0.4, -0.2) is 44.4 Å². The standard InChI is InChI=1S/C15H15N3S2/c1-17-8-14(19)18-7-12-10(6-13(18)15(17)20)9-4-2-3-5-11(9)16-12/h2-5,13,16H,6-8H2,1H3/t13-/m0/s1. The van der Waals surface area contributed by atoms with Crippen LogP contribution in [0.2, 0.25) is 0 Å². The molecule has 0 unspecified atom stereocenters. The molecule has 1 N–H and O–H groups in total. The minimum Gasteiger partial charge on any atom is -0.361 e. The molecular weight excluding hydrogens is 286 g/mol. The number of likely N-dealkylation sites (N-methyl/N-ethyl adjacent to an activating group) is 1. The summed E-state index contributed by atoms with van der Waals surface area (Å²) < 4.78 is 0. The Kier molecular flexibility index (Phi) is 2.62. The number of hydrogen-bond acceptors (Lipinski definition) is 2. The van der Waals surface area contributed by atoms with E-state index in [2.05, 4.69) is 39.0 Å². The predicted molar refractivity (Wildman–Crippen MR) is 89.2 cm³/mol. The number of nitrogens with one attached hydrogen (secondary N) is 1. The minimum atomic E-state index is 0.239. The fourth-order valence-electron chi connectivity index (χ4n) is 3.32. The van der Waals surface area contributed by atoms with Crippen LogP contribution in [0.25, 0.3) is 10.9 Å². The molecule has 0 radical (unpaired) electrons. The SMILES string of the molecule is CN1CC(=S)N2Cc3[nH]c4ccccc4c3C[C@H]2C1=S. The Morgan fingerprint density at radius 3 is 2.85 bits per heavy atom. The number of benzene rings is 1. The highest BCUT2D eigenvalue weighted by atomic mass is 32.1. The highest BCUT2D eigenvalue weighted by Gasteiger charge is 2.37. The molecule has 3 nitrogen and oxygen atoms in total. The molecule has 0 aliphatic carbocycles. The summed E-state index contributed by atoms with van der Waals surface area (Å²) in [5.41, 5.74) is 3.90. The summed E-state index contributed by atoms with van der Waals surface area (Å²) in [6, 6.07) is 8.73. The second-order valence-corrected chi connectivity index (χ2v) is 6.45. The van der Waals surface area contributed by atoms with Crippen molar-refractivity contribution in [2.75, 3.05) is 13.6 Å². The number of aromatic nitrogens is 1. The van der Waals surface area contributed by atoms with Crippen LogP contribution < -0.4 is 0 Å². The third-order valence-corrected chi connectivity index (χ3v) is 5.31. The first-order valence-electron chi connectivity index (χ1n) is 6.78. The Morgan fingerprint density at radius 1 is 1.20 bits per heavy atom. The van der Waals surface area contributed by atoms with Crippen LogP contribution in [-0.2, 0) is 13.0 Å². The summed E-state index contributed by atoms with van der Waals surface area (Å²) in [4.78, 5) is 9.94. The molecule has 1 atom stereocenters. The smallest absolute Gasteiger partial charge is 0.101 e. The molecule has 1 aromatic heterocycles. The van der Waals surface area contributed by atoms with Gasteiger partial charge in [0, 0.05) is 30.1 Å². The van der Waals surface area contributed by atoms with Crippen molar-refractivity contribution in [2.24, 2.45) is 0 Å². The number of aromatic amines is 1. The van der Waals surface area contributed by atoms with E-state index >= 15 is 0 Å². The van der Waals surface area contributed by atoms with Crippen molar-refractivity contribution in [1.29, 1.82) is 0 Å². The van der Waals surface area contributed by atoms with Crippen LogP contribution in [0.3, 0.4) is 0 Å². The van der Waals surface area contributed by atoms with Crippen LogP contribution in [0.5, 0.6) is 0 Å². The molecule has 1 saturated heterocycles. The van der Waals surface area contributed by atoms with Crippen molar-refractivity contribution in [3.8, 4) is 0 Å². The fourth-order valence-corrected chi connectivity index (χ4v) is 3.98. The quantitative estimate of drug-likeness (QED) is 0.755. The van der Waals surface area contributed by atoms with E-state index in [-0.39, 0.29) is 6.04 Å². The molecule has 2 aliphatic heterocycles. The molecule has 0 spiro atoms. The predicted octanol–water partition coefficient (Wildman–Crippen LogP) is 2.49. The molecule has 0 saturated carbocycles. The van der Waals surface area contributed by atoms with Gasteiger partial charge in [0.25, 0.3) is 0 Å². The van der Waals surface area contributed by atoms with Crippen molar-refractivity contribution in [1.82, 2.24) is 14.8 Å². The van der Waals surface area contributed by atoms with Crippen molar-refractivity contribution < 1.29 is 0 Å². The monoisotopic (exact) mass is 301 g/mol. The van der Waals surface area contributed by atoms with Crippen molar-refractivity contribution >= 4 is 45.3 Å². The van der Waals surface area contributed by atoms with Gasteiger partial charge in [-0.3, -0.25) is 0 Å². The second-order valence-electron chi connectivity index (χ2n) is 5.56. The average Bonchev–Trinajstić information content (AvgIpc) is 2.81. The number of thiocarbonyl (C=S) groups is 2. The number of fused-ring (bicyclic) bond motifs is 4. The number of piperazine rings is 1. The van der Waals surface area contributed by atoms with E-state index in [4.69, 9.17) is 24.4 Å². The zero-order chi connectivity index (χ0) is 13.9. The molecule has 1 aromatic carbocycles. The number of H-pyrrole nitrogens is 1. The summed E-state index contributed by atoms with van der Waals surface area (Å²) in [5.74, 6) is 0. The maximum Gasteiger partial charge on any atom is 0.101 e. The third-order valence-electron chi connectivity index (χ3n) is 4.36. The van der Waals surface area contributed by atoms with Crippen LogP contribution >= 0.6 is 24.4 Å². The summed E-state index contributed by atoms with van der Waals surface area (Å²) in [7, 11) is 2.04. The second kappa shape index (κ2) is 4.27. The molecule has 102 valence electrons. The van der Waals surface area contributed by atoms with Gasteiger partial charge >= 0.3 is 0 Å².